The maximum Gasteiger partial charge on any atom is 0.150 e. The Bertz CT molecular complexity index is 437. The van der Waals surface area contributed by atoms with E-state index >= 15 is 0 Å². The Kier molecular flexibility index (Phi) is 5.21. The molecule has 17 heavy (non-hydrogen) atoms. The van der Waals surface area contributed by atoms with Crippen LogP contribution in [-0.2, 0) is 16.4 Å². The first-order valence-corrected chi connectivity index (χ1v) is 7.85. The van der Waals surface area contributed by atoms with E-state index in [0.29, 0.717) is 6.42 Å². The van der Waals surface area contributed by atoms with Gasteiger partial charge in [-0.15, -0.1) is 0 Å². The van der Waals surface area contributed by atoms with Gasteiger partial charge >= 0.3 is 0 Å². The van der Waals surface area contributed by atoms with Crippen LogP contribution in [0.25, 0.3) is 0 Å². The van der Waals surface area contributed by atoms with Crippen molar-refractivity contribution in [3.05, 3.63) is 24.0 Å². The van der Waals surface area contributed by atoms with Gasteiger partial charge in [-0.3, -0.25) is 0 Å². The summed E-state index contributed by atoms with van der Waals surface area (Å²) in [5.41, 5.74) is 1.20. The third-order valence-corrected chi connectivity index (χ3v) is 4.83. The van der Waals surface area contributed by atoms with Gasteiger partial charge < -0.3 is 9.88 Å². The molecule has 0 aromatic carbocycles. The van der Waals surface area contributed by atoms with Crippen LogP contribution in [0.4, 0.5) is 0 Å². The summed E-state index contributed by atoms with van der Waals surface area (Å²) < 4.78 is 24.9. The Balaban J connectivity index is 2.56. The predicted molar refractivity (Wildman–Crippen MR) is 70.9 cm³/mol. The molecule has 98 valence electrons. The molecule has 1 N–H and O–H groups in total. The van der Waals surface area contributed by atoms with E-state index < -0.39 is 9.84 Å². The zero-order valence-corrected chi connectivity index (χ0v) is 11.6. The normalized spacial score (nSPS) is 13.8. The van der Waals surface area contributed by atoms with Crippen molar-refractivity contribution >= 4 is 9.84 Å². The predicted octanol–water partition coefficient (Wildman–Crippen LogP) is 1.59. The Morgan fingerprint density at radius 3 is 2.76 bits per heavy atom. The summed E-state index contributed by atoms with van der Waals surface area (Å²) in [7, 11) is -0.920. The first-order chi connectivity index (χ1) is 8.00. The lowest BCUT2D eigenvalue weighted by molar-refractivity contribution is 0.556. The fourth-order valence-corrected chi connectivity index (χ4v) is 2.63. The van der Waals surface area contributed by atoms with E-state index in [4.69, 9.17) is 0 Å². The SMILES string of the molecule is CCS(=O)(=O)CCCn1cccc1C(C)NC. The van der Waals surface area contributed by atoms with E-state index in [1.165, 1.54) is 5.69 Å². The van der Waals surface area contributed by atoms with Crippen molar-refractivity contribution in [2.24, 2.45) is 0 Å². The first-order valence-electron chi connectivity index (χ1n) is 6.03. The van der Waals surface area contributed by atoms with Crippen LogP contribution in [0.15, 0.2) is 18.3 Å². The molecule has 0 spiro atoms. The molecular weight excluding hydrogens is 236 g/mol. The number of nitrogens with one attached hydrogen (secondary N) is 1. The van der Waals surface area contributed by atoms with Crippen molar-refractivity contribution in [2.45, 2.75) is 32.9 Å². The van der Waals surface area contributed by atoms with Crippen molar-refractivity contribution in [3.8, 4) is 0 Å². The van der Waals surface area contributed by atoms with Crippen LogP contribution in [0, 0.1) is 0 Å². The lowest BCUT2D eigenvalue weighted by Crippen LogP contribution is -2.18. The van der Waals surface area contributed by atoms with Crippen LogP contribution >= 0.6 is 0 Å². The Hall–Kier alpha value is -0.810. The summed E-state index contributed by atoms with van der Waals surface area (Å²) in [6.45, 7) is 4.54. The molecule has 4 nitrogen and oxygen atoms in total. The quantitative estimate of drug-likeness (QED) is 0.808. The lowest BCUT2D eigenvalue weighted by Gasteiger charge is -2.14. The number of hydrogen-bond donors (Lipinski definition) is 1. The Labute approximate surface area is 104 Å². The molecule has 1 atom stereocenters. The van der Waals surface area contributed by atoms with Gasteiger partial charge in [-0.1, -0.05) is 6.92 Å². The highest BCUT2D eigenvalue weighted by Crippen LogP contribution is 2.13. The van der Waals surface area contributed by atoms with Gasteiger partial charge in [-0.2, -0.15) is 0 Å². The molecule has 0 aliphatic rings. The second kappa shape index (κ2) is 6.21. The minimum absolute atomic E-state index is 0.235. The summed E-state index contributed by atoms with van der Waals surface area (Å²) in [5, 5.41) is 3.19. The maximum atomic E-state index is 11.4. The zero-order chi connectivity index (χ0) is 12.9. The second-order valence-corrected chi connectivity index (χ2v) is 6.70. The molecule has 0 fully saturated rings. The molecule has 5 heteroatoms. The van der Waals surface area contributed by atoms with Crippen LogP contribution < -0.4 is 5.32 Å². The third-order valence-electron chi connectivity index (χ3n) is 3.04. The van der Waals surface area contributed by atoms with Gasteiger partial charge in [0.05, 0.1) is 5.75 Å². The molecule has 0 bridgehead atoms. The molecule has 0 saturated carbocycles. The Morgan fingerprint density at radius 1 is 1.47 bits per heavy atom. The smallest absolute Gasteiger partial charge is 0.150 e. The van der Waals surface area contributed by atoms with Crippen LogP contribution in [-0.4, -0.2) is 31.5 Å². The minimum Gasteiger partial charge on any atom is -0.350 e. The summed E-state index contributed by atoms with van der Waals surface area (Å²) in [6, 6.07) is 4.35. The van der Waals surface area contributed by atoms with Gasteiger partial charge in [-0.05, 0) is 32.5 Å². The molecular formula is C12H22N2O2S. The highest BCUT2D eigenvalue weighted by atomic mass is 32.2. The molecule has 0 aliphatic carbocycles. The molecule has 1 aromatic heterocycles. The molecule has 0 aliphatic heterocycles. The summed E-state index contributed by atoms with van der Waals surface area (Å²) in [6.07, 6.45) is 2.68. The summed E-state index contributed by atoms with van der Waals surface area (Å²) >= 11 is 0. The van der Waals surface area contributed by atoms with Crippen molar-refractivity contribution in [1.29, 1.82) is 0 Å². The van der Waals surface area contributed by atoms with Crippen LogP contribution in [0.3, 0.4) is 0 Å². The van der Waals surface area contributed by atoms with Crippen LogP contribution in [0.5, 0.6) is 0 Å². The van der Waals surface area contributed by atoms with Crippen molar-refractivity contribution in [3.63, 3.8) is 0 Å². The molecule has 0 amide bonds. The van der Waals surface area contributed by atoms with E-state index in [2.05, 4.69) is 22.9 Å². The highest BCUT2D eigenvalue weighted by molar-refractivity contribution is 7.91. The molecule has 0 radical (unpaired) electrons. The first kappa shape index (κ1) is 14.3. The fraction of sp³-hybridized carbons (Fsp3) is 0.667. The van der Waals surface area contributed by atoms with Gasteiger partial charge in [0.15, 0.2) is 0 Å². The van der Waals surface area contributed by atoms with Crippen molar-refractivity contribution < 1.29 is 8.42 Å². The van der Waals surface area contributed by atoms with Gasteiger partial charge in [0.2, 0.25) is 0 Å². The van der Waals surface area contributed by atoms with Gasteiger partial charge in [0, 0.05) is 30.2 Å². The number of aromatic nitrogens is 1. The van der Waals surface area contributed by atoms with E-state index in [1.54, 1.807) is 6.92 Å². The monoisotopic (exact) mass is 258 g/mol. The summed E-state index contributed by atoms with van der Waals surface area (Å²) in [4.78, 5) is 0. The minimum atomic E-state index is -2.84. The van der Waals surface area contributed by atoms with Crippen molar-refractivity contribution in [2.75, 3.05) is 18.6 Å². The molecule has 1 heterocycles. The van der Waals surface area contributed by atoms with E-state index in [1.807, 2.05) is 19.3 Å². The second-order valence-electron chi connectivity index (χ2n) is 4.23. The molecule has 1 aromatic rings. The largest absolute Gasteiger partial charge is 0.350 e. The van der Waals surface area contributed by atoms with E-state index in [0.717, 1.165) is 6.54 Å². The van der Waals surface area contributed by atoms with Gasteiger partial charge in [0.25, 0.3) is 0 Å². The molecule has 0 saturated heterocycles. The average molecular weight is 258 g/mol. The molecule has 1 unspecified atom stereocenters. The van der Waals surface area contributed by atoms with Crippen molar-refractivity contribution in [1.82, 2.24) is 9.88 Å². The number of nitrogens with zero attached hydrogens (tertiary/aromatic N) is 1. The van der Waals surface area contributed by atoms with E-state index in [9.17, 15) is 8.42 Å². The number of rotatable bonds is 7. The van der Waals surface area contributed by atoms with Crippen LogP contribution in [0.1, 0.15) is 32.0 Å². The molecule has 1 rings (SSSR count). The zero-order valence-electron chi connectivity index (χ0n) is 10.8. The Morgan fingerprint density at radius 2 is 2.18 bits per heavy atom. The van der Waals surface area contributed by atoms with Gasteiger partial charge in [-0.25, -0.2) is 8.42 Å². The van der Waals surface area contributed by atoms with E-state index in [-0.39, 0.29) is 17.5 Å². The number of aryl methyl sites for hydroxylation is 1. The number of hydrogen-bond acceptors (Lipinski definition) is 3. The third kappa shape index (κ3) is 4.16. The lowest BCUT2D eigenvalue weighted by atomic mass is 10.2. The topological polar surface area (TPSA) is 51.1 Å². The summed E-state index contributed by atoms with van der Waals surface area (Å²) in [5.74, 6) is 0.507. The number of sulfone groups is 1. The standard InChI is InChI=1S/C12H22N2O2S/c1-4-17(15,16)10-6-9-14-8-5-7-12(14)11(2)13-3/h5,7-8,11,13H,4,6,9-10H2,1-3H3. The highest BCUT2D eigenvalue weighted by Gasteiger charge is 2.10. The maximum absolute atomic E-state index is 11.4. The van der Waals surface area contributed by atoms with Crippen LogP contribution in [0.2, 0.25) is 0 Å². The van der Waals surface area contributed by atoms with Gasteiger partial charge in [0.1, 0.15) is 9.84 Å². The fourth-order valence-electron chi connectivity index (χ4n) is 1.77. The average Bonchev–Trinajstić information content (AvgIpc) is 2.76.